The number of anilines is 1. The van der Waals surface area contributed by atoms with Crippen molar-refractivity contribution in [3.63, 3.8) is 0 Å². The Kier molecular flexibility index (Phi) is 2.32. The molecule has 0 aliphatic rings. The monoisotopic (exact) mass is 342 g/mol. The summed E-state index contributed by atoms with van der Waals surface area (Å²) in [5.74, 6) is 0. The van der Waals surface area contributed by atoms with Crippen molar-refractivity contribution in [3.05, 3.63) is 28.0 Å². The molecule has 0 fully saturated rings. The van der Waals surface area contributed by atoms with Gasteiger partial charge in [-0.05, 0) is 40.8 Å². The number of benzene rings is 1. The first-order valence-corrected chi connectivity index (χ1v) is 6.49. The van der Waals surface area contributed by atoms with Crippen molar-refractivity contribution in [1.29, 1.82) is 0 Å². The standard InChI is InChI=1S/C10H7IN4S/c11-7-4-13-8-2-1-5(3-6(7)8)9-14-15-10(12)16-9/h1-4,13H,(H2,12,15). The number of H-pyrrole nitrogens is 1. The third-order valence-electron chi connectivity index (χ3n) is 2.32. The molecule has 16 heavy (non-hydrogen) atoms. The van der Waals surface area contributed by atoms with E-state index in [0.29, 0.717) is 5.13 Å². The molecule has 0 saturated carbocycles. The summed E-state index contributed by atoms with van der Waals surface area (Å²) in [4.78, 5) is 3.21. The van der Waals surface area contributed by atoms with E-state index >= 15 is 0 Å². The summed E-state index contributed by atoms with van der Waals surface area (Å²) >= 11 is 3.71. The zero-order valence-corrected chi connectivity index (χ0v) is 11.0. The molecule has 2 aromatic heterocycles. The van der Waals surface area contributed by atoms with Gasteiger partial charge in [0.25, 0.3) is 0 Å². The van der Waals surface area contributed by atoms with Crippen molar-refractivity contribution in [1.82, 2.24) is 15.2 Å². The molecule has 3 rings (SSSR count). The molecule has 1 aromatic carbocycles. The van der Waals surface area contributed by atoms with E-state index in [1.165, 1.54) is 20.3 Å². The van der Waals surface area contributed by atoms with Gasteiger partial charge in [-0.3, -0.25) is 0 Å². The summed E-state index contributed by atoms with van der Waals surface area (Å²) < 4.78 is 1.20. The minimum Gasteiger partial charge on any atom is -0.374 e. The van der Waals surface area contributed by atoms with Crippen LogP contribution in [0, 0.1) is 3.57 Å². The predicted molar refractivity (Wildman–Crippen MR) is 74.3 cm³/mol. The lowest BCUT2D eigenvalue weighted by atomic mass is 10.2. The smallest absolute Gasteiger partial charge is 0.203 e. The van der Waals surface area contributed by atoms with Crippen LogP contribution < -0.4 is 5.73 Å². The van der Waals surface area contributed by atoms with Crippen LogP contribution in [0.1, 0.15) is 0 Å². The summed E-state index contributed by atoms with van der Waals surface area (Å²) in [6.45, 7) is 0. The molecule has 0 radical (unpaired) electrons. The van der Waals surface area contributed by atoms with Gasteiger partial charge in [-0.15, -0.1) is 10.2 Å². The molecule has 0 bridgehead atoms. The minimum absolute atomic E-state index is 0.499. The van der Waals surface area contributed by atoms with E-state index in [4.69, 9.17) is 5.73 Å². The molecule has 0 atom stereocenters. The fraction of sp³-hybridized carbons (Fsp3) is 0. The highest BCUT2D eigenvalue weighted by molar-refractivity contribution is 14.1. The van der Waals surface area contributed by atoms with Crippen LogP contribution in [-0.2, 0) is 0 Å². The first kappa shape index (κ1) is 10.0. The number of aromatic nitrogens is 3. The van der Waals surface area contributed by atoms with E-state index in [0.717, 1.165) is 16.1 Å². The number of aromatic amines is 1. The van der Waals surface area contributed by atoms with E-state index in [1.54, 1.807) is 0 Å². The largest absolute Gasteiger partial charge is 0.374 e. The number of nitrogens with zero attached hydrogens (tertiary/aromatic N) is 2. The lowest BCUT2D eigenvalue weighted by Gasteiger charge is -1.96. The van der Waals surface area contributed by atoms with E-state index < -0.39 is 0 Å². The normalized spacial score (nSPS) is 11.1. The third kappa shape index (κ3) is 1.57. The van der Waals surface area contributed by atoms with Crippen LogP contribution >= 0.6 is 33.9 Å². The number of hydrogen-bond donors (Lipinski definition) is 2. The maximum absolute atomic E-state index is 5.58. The number of fused-ring (bicyclic) bond motifs is 1. The number of nitrogen functional groups attached to an aromatic ring is 1. The summed E-state index contributed by atoms with van der Waals surface area (Å²) in [5.41, 5.74) is 7.76. The van der Waals surface area contributed by atoms with E-state index in [9.17, 15) is 0 Å². The summed E-state index contributed by atoms with van der Waals surface area (Å²) in [7, 11) is 0. The second-order valence-electron chi connectivity index (χ2n) is 3.34. The van der Waals surface area contributed by atoms with Crippen LogP contribution in [-0.4, -0.2) is 15.2 Å². The van der Waals surface area contributed by atoms with Gasteiger partial charge in [0, 0.05) is 26.2 Å². The van der Waals surface area contributed by atoms with Gasteiger partial charge in [0.05, 0.1) is 0 Å². The highest BCUT2D eigenvalue weighted by Gasteiger charge is 2.07. The van der Waals surface area contributed by atoms with Gasteiger partial charge in [-0.25, -0.2) is 0 Å². The molecule has 0 spiro atoms. The first-order chi connectivity index (χ1) is 7.74. The average molecular weight is 342 g/mol. The molecular formula is C10H7IN4S. The van der Waals surface area contributed by atoms with Crippen LogP contribution in [0.15, 0.2) is 24.4 Å². The molecule has 80 valence electrons. The van der Waals surface area contributed by atoms with Crippen molar-refractivity contribution < 1.29 is 0 Å². The number of rotatable bonds is 1. The molecule has 0 aliphatic heterocycles. The Bertz CT molecular complexity index is 658. The Morgan fingerprint density at radius 1 is 1.31 bits per heavy atom. The number of nitrogens with one attached hydrogen (secondary N) is 1. The van der Waals surface area contributed by atoms with Crippen LogP contribution in [0.5, 0.6) is 0 Å². The topological polar surface area (TPSA) is 67.6 Å². The van der Waals surface area contributed by atoms with Gasteiger partial charge in [-0.2, -0.15) is 0 Å². The van der Waals surface area contributed by atoms with Gasteiger partial charge in [0.15, 0.2) is 0 Å². The Labute approximate surface area is 109 Å². The quantitative estimate of drug-likeness (QED) is 0.669. The van der Waals surface area contributed by atoms with E-state index in [-0.39, 0.29) is 0 Å². The Balaban J connectivity index is 2.21. The number of hydrogen-bond acceptors (Lipinski definition) is 4. The van der Waals surface area contributed by atoms with Gasteiger partial charge >= 0.3 is 0 Å². The van der Waals surface area contributed by atoms with Crippen molar-refractivity contribution >= 4 is 50.0 Å². The zero-order chi connectivity index (χ0) is 11.1. The number of halogens is 1. The molecule has 4 nitrogen and oxygen atoms in total. The molecule has 6 heteroatoms. The average Bonchev–Trinajstić information content (AvgIpc) is 2.86. The Hall–Kier alpha value is -1.15. The number of nitrogens with two attached hydrogens (primary N) is 1. The molecule has 0 unspecified atom stereocenters. The van der Waals surface area contributed by atoms with Crippen LogP contribution in [0.2, 0.25) is 0 Å². The Morgan fingerprint density at radius 2 is 2.19 bits per heavy atom. The molecule has 3 aromatic rings. The zero-order valence-electron chi connectivity index (χ0n) is 8.07. The molecular weight excluding hydrogens is 335 g/mol. The van der Waals surface area contributed by atoms with Crippen molar-refractivity contribution in [3.8, 4) is 10.6 Å². The maximum Gasteiger partial charge on any atom is 0.203 e. The fourth-order valence-electron chi connectivity index (χ4n) is 1.57. The summed E-state index contributed by atoms with van der Waals surface area (Å²) in [5, 5.41) is 10.4. The molecule has 0 saturated heterocycles. The SMILES string of the molecule is Nc1nnc(-c2ccc3[nH]cc(I)c3c2)s1. The highest BCUT2D eigenvalue weighted by Crippen LogP contribution is 2.29. The van der Waals surface area contributed by atoms with Gasteiger partial charge in [0.1, 0.15) is 5.01 Å². The fourth-order valence-corrected chi connectivity index (χ4v) is 2.78. The van der Waals surface area contributed by atoms with Crippen molar-refractivity contribution in [2.75, 3.05) is 5.73 Å². The third-order valence-corrected chi connectivity index (χ3v) is 4.01. The van der Waals surface area contributed by atoms with E-state index in [2.05, 4.69) is 43.8 Å². The second-order valence-corrected chi connectivity index (χ2v) is 5.51. The summed E-state index contributed by atoms with van der Waals surface area (Å²) in [6, 6.07) is 6.17. The van der Waals surface area contributed by atoms with Crippen LogP contribution in [0.3, 0.4) is 0 Å². The molecule has 0 amide bonds. The van der Waals surface area contributed by atoms with Crippen molar-refractivity contribution in [2.24, 2.45) is 0 Å². The van der Waals surface area contributed by atoms with Crippen LogP contribution in [0.4, 0.5) is 5.13 Å². The minimum atomic E-state index is 0.499. The predicted octanol–water partition coefficient (Wildman–Crippen LogP) is 2.87. The van der Waals surface area contributed by atoms with E-state index in [1.807, 2.05) is 18.3 Å². The summed E-state index contributed by atoms with van der Waals surface area (Å²) in [6.07, 6.45) is 1.99. The molecule has 0 aliphatic carbocycles. The van der Waals surface area contributed by atoms with Gasteiger partial charge in [-0.1, -0.05) is 11.3 Å². The molecule has 2 heterocycles. The van der Waals surface area contributed by atoms with Gasteiger partial charge in [0.2, 0.25) is 5.13 Å². The Morgan fingerprint density at radius 3 is 2.94 bits per heavy atom. The first-order valence-electron chi connectivity index (χ1n) is 4.60. The maximum atomic E-state index is 5.58. The lowest BCUT2D eigenvalue weighted by Crippen LogP contribution is -1.80. The lowest BCUT2D eigenvalue weighted by molar-refractivity contribution is 1.10. The highest BCUT2D eigenvalue weighted by atomic mass is 127. The second kappa shape index (κ2) is 3.70. The van der Waals surface area contributed by atoms with Gasteiger partial charge < -0.3 is 10.7 Å². The van der Waals surface area contributed by atoms with Crippen LogP contribution in [0.25, 0.3) is 21.5 Å². The molecule has 3 N–H and O–H groups in total. The van der Waals surface area contributed by atoms with Crippen molar-refractivity contribution in [2.45, 2.75) is 0 Å².